The SMILES string of the molecule is Cc1csc(C2CCCN(C(=O)CC3(C(=O)O)CCC3)C2)n1. The second-order valence-electron chi connectivity index (χ2n) is 6.62. The van der Waals surface area contributed by atoms with Crippen molar-refractivity contribution in [3.63, 3.8) is 0 Å². The molecule has 1 amide bonds. The summed E-state index contributed by atoms with van der Waals surface area (Å²) in [5.74, 6) is -0.505. The number of carboxylic acid groups (broad SMARTS) is 1. The average molecular weight is 322 g/mol. The van der Waals surface area contributed by atoms with E-state index in [9.17, 15) is 14.7 Å². The van der Waals surface area contributed by atoms with Crippen molar-refractivity contribution in [1.82, 2.24) is 9.88 Å². The highest BCUT2D eigenvalue weighted by atomic mass is 32.1. The molecule has 1 saturated carbocycles. The lowest BCUT2D eigenvalue weighted by Crippen LogP contribution is -2.46. The first-order valence-electron chi connectivity index (χ1n) is 7.93. The van der Waals surface area contributed by atoms with E-state index in [4.69, 9.17) is 0 Å². The van der Waals surface area contributed by atoms with Crippen LogP contribution in [0.5, 0.6) is 0 Å². The van der Waals surface area contributed by atoms with E-state index in [1.54, 1.807) is 11.3 Å². The normalized spacial score (nSPS) is 23.9. The minimum atomic E-state index is -0.809. The number of hydrogen-bond donors (Lipinski definition) is 1. The van der Waals surface area contributed by atoms with Gasteiger partial charge in [0.1, 0.15) is 0 Å². The lowest BCUT2D eigenvalue weighted by molar-refractivity contribution is -0.159. The van der Waals surface area contributed by atoms with Crippen LogP contribution in [-0.2, 0) is 9.59 Å². The molecular weight excluding hydrogens is 300 g/mol. The van der Waals surface area contributed by atoms with Gasteiger partial charge in [-0.05, 0) is 32.6 Å². The molecule has 6 heteroatoms. The quantitative estimate of drug-likeness (QED) is 0.925. The number of likely N-dealkylation sites (tertiary alicyclic amines) is 1. The van der Waals surface area contributed by atoms with Gasteiger partial charge in [-0.1, -0.05) is 6.42 Å². The Hall–Kier alpha value is -1.43. The number of amides is 1. The summed E-state index contributed by atoms with van der Waals surface area (Å²) < 4.78 is 0. The Labute approximate surface area is 134 Å². The van der Waals surface area contributed by atoms with Crippen molar-refractivity contribution < 1.29 is 14.7 Å². The Morgan fingerprint density at radius 3 is 2.77 bits per heavy atom. The molecule has 1 atom stereocenters. The molecule has 0 bridgehead atoms. The number of piperidine rings is 1. The number of hydrogen-bond acceptors (Lipinski definition) is 4. The summed E-state index contributed by atoms with van der Waals surface area (Å²) in [5.41, 5.74) is 0.240. The van der Waals surface area contributed by atoms with Crippen LogP contribution < -0.4 is 0 Å². The number of nitrogens with zero attached hydrogens (tertiary/aromatic N) is 2. The van der Waals surface area contributed by atoms with Gasteiger partial charge in [0.15, 0.2) is 0 Å². The Kier molecular flexibility index (Phi) is 4.21. The molecular formula is C16H22N2O3S. The highest BCUT2D eigenvalue weighted by molar-refractivity contribution is 7.09. The molecule has 0 spiro atoms. The first-order valence-corrected chi connectivity index (χ1v) is 8.81. The van der Waals surface area contributed by atoms with Crippen LogP contribution in [0.2, 0.25) is 0 Å². The minimum Gasteiger partial charge on any atom is -0.481 e. The summed E-state index contributed by atoms with van der Waals surface area (Å²) in [5, 5.41) is 12.5. The molecule has 1 aromatic heterocycles. The number of rotatable bonds is 4. The van der Waals surface area contributed by atoms with Crippen molar-refractivity contribution in [3.05, 3.63) is 16.1 Å². The Bertz CT molecular complexity index is 580. The molecule has 1 aliphatic heterocycles. The number of thiazole rings is 1. The van der Waals surface area contributed by atoms with E-state index in [0.29, 0.717) is 25.3 Å². The van der Waals surface area contributed by atoms with E-state index >= 15 is 0 Å². The van der Waals surface area contributed by atoms with Gasteiger partial charge in [0, 0.05) is 36.5 Å². The summed E-state index contributed by atoms with van der Waals surface area (Å²) in [6, 6.07) is 0. The van der Waals surface area contributed by atoms with E-state index in [-0.39, 0.29) is 12.3 Å². The van der Waals surface area contributed by atoms with Gasteiger partial charge in [-0.2, -0.15) is 0 Å². The highest BCUT2D eigenvalue weighted by Crippen LogP contribution is 2.45. The third-order valence-corrected chi connectivity index (χ3v) is 6.14. The van der Waals surface area contributed by atoms with Crippen molar-refractivity contribution in [2.45, 2.75) is 51.4 Å². The summed E-state index contributed by atoms with van der Waals surface area (Å²) in [6.45, 7) is 3.41. The van der Waals surface area contributed by atoms with E-state index in [2.05, 4.69) is 4.98 Å². The standard InChI is InChI=1S/C16H22N2O3S/c1-11-10-22-14(17-11)12-4-2-7-18(9-12)13(19)8-16(15(20)21)5-3-6-16/h10,12H,2-9H2,1H3,(H,20,21). The summed E-state index contributed by atoms with van der Waals surface area (Å²) in [6.07, 6.45) is 4.37. The molecule has 1 saturated heterocycles. The van der Waals surface area contributed by atoms with Crippen molar-refractivity contribution in [2.75, 3.05) is 13.1 Å². The van der Waals surface area contributed by atoms with Crippen LogP contribution in [0.15, 0.2) is 5.38 Å². The molecule has 1 aromatic rings. The van der Waals surface area contributed by atoms with E-state index in [0.717, 1.165) is 36.5 Å². The zero-order valence-corrected chi connectivity index (χ0v) is 13.7. The van der Waals surface area contributed by atoms with Gasteiger partial charge in [-0.3, -0.25) is 9.59 Å². The number of aromatic nitrogens is 1. The molecule has 0 aromatic carbocycles. The van der Waals surface area contributed by atoms with Gasteiger partial charge < -0.3 is 10.0 Å². The second kappa shape index (κ2) is 5.99. The maximum Gasteiger partial charge on any atom is 0.310 e. The Balaban J connectivity index is 1.64. The maximum absolute atomic E-state index is 12.5. The molecule has 1 aliphatic carbocycles. The van der Waals surface area contributed by atoms with Gasteiger partial charge >= 0.3 is 5.97 Å². The fraction of sp³-hybridized carbons (Fsp3) is 0.688. The zero-order chi connectivity index (χ0) is 15.7. The highest BCUT2D eigenvalue weighted by Gasteiger charge is 2.46. The van der Waals surface area contributed by atoms with Crippen LogP contribution in [0, 0.1) is 12.3 Å². The zero-order valence-electron chi connectivity index (χ0n) is 12.9. The molecule has 2 aliphatic rings. The van der Waals surface area contributed by atoms with E-state index < -0.39 is 11.4 Å². The van der Waals surface area contributed by atoms with Crippen LogP contribution in [0.1, 0.15) is 55.1 Å². The molecule has 22 heavy (non-hydrogen) atoms. The predicted octanol–water partition coefficient (Wildman–Crippen LogP) is 2.80. The van der Waals surface area contributed by atoms with Gasteiger partial charge in [0.2, 0.25) is 5.91 Å². The van der Waals surface area contributed by atoms with Gasteiger partial charge in [0.25, 0.3) is 0 Å². The van der Waals surface area contributed by atoms with Crippen LogP contribution >= 0.6 is 11.3 Å². The van der Waals surface area contributed by atoms with Crippen molar-refractivity contribution in [3.8, 4) is 0 Å². The molecule has 1 N–H and O–H groups in total. The van der Waals surface area contributed by atoms with Crippen molar-refractivity contribution in [1.29, 1.82) is 0 Å². The number of aryl methyl sites for hydroxylation is 1. The lowest BCUT2D eigenvalue weighted by Gasteiger charge is -2.40. The molecule has 2 fully saturated rings. The fourth-order valence-corrected chi connectivity index (χ4v) is 4.36. The molecule has 5 nitrogen and oxygen atoms in total. The van der Waals surface area contributed by atoms with Crippen molar-refractivity contribution in [2.24, 2.45) is 5.41 Å². The van der Waals surface area contributed by atoms with Gasteiger partial charge in [0.05, 0.1) is 10.4 Å². The summed E-state index contributed by atoms with van der Waals surface area (Å²) in [4.78, 5) is 30.4. The Morgan fingerprint density at radius 1 is 1.45 bits per heavy atom. The van der Waals surface area contributed by atoms with Crippen LogP contribution in [0.3, 0.4) is 0 Å². The monoisotopic (exact) mass is 322 g/mol. The summed E-state index contributed by atoms with van der Waals surface area (Å²) >= 11 is 1.66. The molecule has 120 valence electrons. The van der Waals surface area contributed by atoms with E-state index in [1.165, 1.54) is 0 Å². The van der Waals surface area contributed by atoms with Gasteiger partial charge in [-0.25, -0.2) is 4.98 Å². The third kappa shape index (κ3) is 2.89. The average Bonchev–Trinajstić information content (AvgIpc) is 2.89. The lowest BCUT2D eigenvalue weighted by atomic mass is 9.66. The molecule has 3 rings (SSSR count). The third-order valence-electron chi connectivity index (χ3n) is 5.01. The first kappa shape index (κ1) is 15.5. The molecule has 1 unspecified atom stereocenters. The number of aliphatic carboxylic acids is 1. The maximum atomic E-state index is 12.5. The van der Waals surface area contributed by atoms with Crippen LogP contribution in [0.4, 0.5) is 0 Å². The smallest absolute Gasteiger partial charge is 0.310 e. The molecule has 2 heterocycles. The first-order chi connectivity index (χ1) is 10.5. The summed E-state index contributed by atoms with van der Waals surface area (Å²) in [7, 11) is 0. The number of carboxylic acids is 1. The largest absolute Gasteiger partial charge is 0.481 e. The Morgan fingerprint density at radius 2 is 2.23 bits per heavy atom. The van der Waals surface area contributed by atoms with Crippen LogP contribution in [-0.4, -0.2) is 40.0 Å². The molecule has 0 radical (unpaired) electrons. The van der Waals surface area contributed by atoms with Gasteiger partial charge in [-0.15, -0.1) is 11.3 Å². The second-order valence-corrected chi connectivity index (χ2v) is 7.51. The predicted molar refractivity (Wildman–Crippen MR) is 83.9 cm³/mol. The number of carbonyl (C=O) groups is 2. The van der Waals surface area contributed by atoms with E-state index in [1.807, 2.05) is 17.2 Å². The number of carbonyl (C=O) groups excluding carboxylic acids is 1. The topological polar surface area (TPSA) is 70.5 Å². The fourth-order valence-electron chi connectivity index (χ4n) is 3.44. The van der Waals surface area contributed by atoms with Crippen molar-refractivity contribution >= 4 is 23.2 Å². The minimum absolute atomic E-state index is 0.0000723. The van der Waals surface area contributed by atoms with Crippen LogP contribution in [0.25, 0.3) is 0 Å².